The topological polar surface area (TPSA) is 102 Å². The van der Waals surface area contributed by atoms with E-state index in [9.17, 15) is 10.1 Å². The first kappa shape index (κ1) is 21.4. The first-order valence-electron chi connectivity index (χ1n) is 11.4. The fourth-order valence-corrected chi connectivity index (χ4v) is 5.31. The van der Waals surface area contributed by atoms with Crippen molar-refractivity contribution in [2.45, 2.75) is 71.1 Å². The summed E-state index contributed by atoms with van der Waals surface area (Å²) in [5.41, 5.74) is 1.58. The van der Waals surface area contributed by atoms with Gasteiger partial charge in [-0.05, 0) is 70.1 Å². The number of fused-ring (bicyclic) bond motifs is 1. The lowest BCUT2D eigenvalue weighted by atomic mass is 9.68. The summed E-state index contributed by atoms with van der Waals surface area (Å²) < 4.78 is 8.16. The summed E-state index contributed by atoms with van der Waals surface area (Å²) in [5, 5.41) is 18.2. The Morgan fingerprint density at radius 3 is 2.82 bits per heavy atom. The Balaban J connectivity index is 1.38. The van der Waals surface area contributed by atoms with Crippen molar-refractivity contribution in [3.63, 3.8) is 0 Å². The van der Waals surface area contributed by atoms with Gasteiger partial charge in [0.05, 0.1) is 47.3 Å². The highest BCUT2D eigenvalue weighted by molar-refractivity contribution is 5.89. The number of imidazole rings is 1. The maximum absolute atomic E-state index is 12.9. The number of aromatic nitrogens is 5. The molecule has 9 heteroatoms. The van der Waals surface area contributed by atoms with Crippen molar-refractivity contribution in [1.29, 1.82) is 5.26 Å². The van der Waals surface area contributed by atoms with Crippen molar-refractivity contribution in [3.8, 4) is 6.07 Å². The Hall–Kier alpha value is -3.41. The molecule has 0 unspecified atom stereocenters. The highest BCUT2D eigenvalue weighted by Gasteiger charge is 2.52. The summed E-state index contributed by atoms with van der Waals surface area (Å²) in [6.45, 7) is 9.54. The van der Waals surface area contributed by atoms with Crippen LogP contribution >= 0.6 is 0 Å². The number of hydrogen-bond acceptors (Lipinski definition) is 6. The molecule has 3 aromatic rings. The van der Waals surface area contributed by atoms with Crippen LogP contribution in [-0.4, -0.2) is 42.8 Å². The molecule has 0 bridgehead atoms. The second-order valence-electron chi connectivity index (χ2n) is 10.8. The largest absolute Gasteiger partial charge is 0.441 e. The smallest absolute Gasteiger partial charge is 0.416 e. The van der Waals surface area contributed by atoms with Crippen molar-refractivity contribution in [1.82, 2.24) is 24.5 Å². The monoisotopic (exact) mass is 447 g/mol. The van der Waals surface area contributed by atoms with Crippen molar-refractivity contribution < 1.29 is 9.53 Å². The number of nitrogens with zero attached hydrogens (tertiary/aromatic N) is 7. The van der Waals surface area contributed by atoms with Crippen LogP contribution in [0.2, 0.25) is 0 Å². The minimum atomic E-state index is -0.538. The lowest BCUT2D eigenvalue weighted by molar-refractivity contribution is -0.0264. The van der Waals surface area contributed by atoms with Crippen LogP contribution in [0.3, 0.4) is 0 Å². The SMILES string of the molecule is CC(C)(C)n1ncc(N2C[C@@]3(CCC[C@](C)(Cn4cnc5ccc(C#N)cc54)C3)OC2=O)n1. The Kier molecular flexibility index (Phi) is 4.74. The van der Waals surface area contributed by atoms with Gasteiger partial charge in [0.1, 0.15) is 5.60 Å². The highest BCUT2D eigenvalue weighted by Crippen LogP contribution is 2.47. The molecule has 2 fully saturated rings. The van der Waals surface area contributed by atoms with Crippen LogP contribution in [0.15, 0.2) is 30.7 Å². The normalized spacial score (nSPS) is 25.5. The van der Waals surface area contributed by atoms with Gasteiger partial charge >= 0.3 is 6.09 Å². The summed E-state index contributed by atoms with van der Waals surface area (Å²) in [6.07, 6.45) is 6.72. The van der Waals surface area contributed by atoms with Crippen LogP contribution < -0.4 is 4.90 Å². The van der Waals surface area contributed by atoms with Gasteiger partial charge in [0.2, 0.25) is 0 Å². The van der Waals surface area contributed by atoms with Gasteiger partial charge < -0.3 is 9.30 Å². The summed E-state index contributed by atoms with van der Waals surface area (Å²) in [6, 6.07) is 7.77. The predicted molar refractivity (Wildman–Crippen MR) is 123 cm³/mol. The van der Waals surface area contributed by atoms with E-state index in [0.717, 1.165) is 43.3 Å². The molecule has 2 atom stereocenters. The van der Waals surface area contributed by atoms with Crippen molar-refractivity contribution in [3.05, 3.63) is 36.3 Å². The van der Waals surface area contributed by atoms with E-state index >= 15 is 0 Å². The Morgan fingerprint density at radius 1 is 1.27 bits per heavy atom. The maximum Gasteiger partial charge on any atom is 0.416 e. The molecule has 1 spiro atoms. The second kappa shape index (κ2) is 7.30. The van der Waals surface area contributed by atoms with E-state index in [0.29, 0.717) is 17.9 Å². The molecule has 1 aliphatic heterocycles. The Labute approximate surface area is 192 Å². The van der Waals surface area contributed by atoms with E-state index in [1.807, 2.05) is 39.2 Å². The molecular weight excluding hydrogens is 418 g/mol. The fourth-order valence-electron chi connectivity index (χ4n) is 5.31. The van der Waals surface area contributed by atoms with Crippen LogP contribution in [0.25, 0.3) is 11.0 Å². The Morgan fingerprint density at radius 2 is 2.09 bits per heavy atom. The lowest BCUT2D eigenvalue weighted by Gasteiger charge is -2.43. The van der Waals surface area contributed by atoms with E-state index in [2.05, 4.69) is 32.7 Å². The summed E-state index contributed by atoms with van der Waals surface area (Å²) in [4.78, 5) is 20.6. The first-order chi connectivity index (χ1) is 15.6. The number of nitriles is 1. The zero-order chi connectivity index (χ0) is 23.4. The average Bonchev–Trinajstić information content (AvgIpc) is 3.45. The number of rotatable bonds is 3. The third-order valence-electron chi connectivity index (χ3n) is 6.79. The number of amides is 1. The molecular formula is C24H29N7O2. The number of carbonyl (C=O) groups is 1. The standard InChI is InChI=1S/C24H29N7O2/c1-22(2,3)31-27-12-20(28-31)30-15-24(33-21(30)32)9-5-8-23(4,13-24)14-29-16-26-18-7-6-17(11-25)10-19(18)29/h6-7,10,12,16H,5,8-9,13-15H2,1-4H3/t23-,24-/m0/s1. The first-order valence-corrected chi connectivity index (χ1v) is 11.4. The molecule has 172 valence electrons. The van der Waals surface area contributed by atoms with Gasteiger partial charge in [0.15, 0.2) is 5.82 Å². The number of carbonyl (C=O) groups excluding carboxylic acids is 1. The van der Waals surface area contributed by atoms with Gasteiger partial charge in [-0.1, -0.05) is 6.92 Å². The molecule has 5 rings (SSSR count). The molecule has 33 heavy (non-hydrogen) atoms. The molecule has 1 saturated heterocycles. The molecule has 1 aromatic carbocycles. The van der Waals surface area contributed by atoms with Crippen LogP contribution in [0, 0.1) is 16.7 Å². The van der Waals surface area contributed by atoms with Crippen LogP contribution in [0.1, 0.15) is 58.9 Å². The van der Waals surface area contributed by atoms with Gasteiger partial charge in [-0.15, -0.1) is 5.10 Å². The predicted octanol–water partition coefficient (Wildman–Crippen LogP) is 4.23. The molecule has 3 heterocycles. The van der Waals surface area contributed by atoms with Gasteiger partial charge in [0, 0.05) is 6.54 Å². The lowest BCUT2D eigenvalue weighted by Crippen LogP contribution is -2.45. The van der Waals surface area contributed by atoms with E-state index < -0.39 is 5.60 Å². The maximum atomic E-state index is 12.9. The zero-order valence-corrected chi connectivity index (χ0v) is 19.6. The third kappa shape index (κ3) is 3.84. The number of benzene rings is 1. The molecule has 2 aliphatic rings. The third-order valence-corrected chi connectivity index (χ3v) is 6.79. The molecule has 0 radical (unpaired) electrons. The van der Waals surface area contributed by atoms with E-state index in [4.69, 9.17) is 4.74 Å². The van der Waals surface area contributed by atoms with Crippen molar-refractivity contribution in [2.24, 2.45) is 5.41 Å². The minimum absolute atomic E-state index is 0.0756. The van der Waals surface area contributed by atoms with Crippen molar-refractivity contribution in [2.75, 3.05) is 11.4 Å². The van der Waals surface area contributed by atoms with Gasteiger partial charge in [-0.2, -0.15) is 15.2 Å². The second-order valence-corrected chi connectivity index (χ2v) is 10.8. The quantitative estimate of drug-likeness (QED) is 0.595. The zero-order valence-electron chi connectivity index (χ0n) is 19.6. The van der Waals surface area contributed by atoms with Gasteiger partial charge in [0.25, 0.3) is 0 Å². The molecule has 1 amide bonds. The molecule has 1 aliphatic carbocycles. The number of anilines is 1. The minimum Gasteiger partial charge on any atom is -0.441 e. The number of hydrogen-bond donors (Lipinski definition) is 0. The molecule has 9 nitrogen and oxygen atoms in total. The number of ether oxygens (including phenoxy) is 1. The van der Waals surface area contributed by atoms with Gasteiger partial charge in [-0.3, -0.25) is 4.90 Å². The molecule has 0 N–H and O–H groups in total. The van der Waals surface area contributed by atoms with Crippen LogP contribution in [-0.2, 0) is 16.8 Å². The van der Waals surface area contributed by atoms with Crippen molar-refractivity contribution >= 4 is 22.9 Å². The molecule has 1 saturated carbocycles. The summed E-state index contributed by atoms with van der Waals surface area (Å²) in [5.74, 6) is 0.531. The van der Waals surface area contributed by atoms with E-state index in [1.165, 1.54) is 0 Å². The fraction of sp³-hybridized carbons (Fsp3) is 0.542. The summed E-state index contributed by atoms with van der Waals surface area (Å²) in [7, 11) is 0. The highest BCUT2D eigenvalue weighted by atomic mass is 16.6. The van der Waals surface area contributed by atoms with E-state index in [-0.39, 0.29) is 17.0 Å². The molecule has 2 aromatic heterocycles. The van der Waals surface area contributed by atoms with Crippen LogP contribution in [0.5, 0.6) is 0 Å². The average molecular weight is 448 g/mol. The van der Waals surface area contributed by atoms with Gasteiger partial charge in [-0.25, -0.2) is 9.78 Å². The Bertz CT molecular complexity index is 1260. The summed E-state index contributed by atoms with van der Waals surface area (Å²) >= 11 is 0. The van der Waals surface area contributed by atoms with Crippen LogP contribution in [0.4, 0.5) is 10.6 Å². The van der Waals surface area contributed by atoms with E-state index in [1.54, 1.807) is 22.0 Å².